The third kappa shape index (κ3) is 4.28. The van der Waals surface area contributed by atoms with E-state index in [0.717, 1.165) is 26.2 Å². The highest BCUT2D eigenvalue weighted by molar-refractivity contribution is 5.23. The van der Waals surface area contributed by atoms with Crippen LogP contribution in [0.3, 0.4) is 0 Å². The van der Waals surface area contributed by atoms with Gasteiger partial charge in [0.05, 0.1) is 0 Å². The quantitative estimate of drug-likeness (QED) is 0.704. The van der Waals surface area contributed by atoms with Gasteiger partial charge in [0.25, 0.3) is 0 Å². The van der Waals surface area contributed by atoms with E-state index in [2.05, 4.69) is 18.9 Å². The summed E-state index contributed by atoms with van der Waals surface area (Å²) >= 11 is 0. The van der Waals surface area contributed by atoms with E-state index in [-0.39, 0.29) is 0 Å². The lowest BCUT2D eigenvalue weighted by molar-refractivity contribution is 0.105. The van der Waals surface area contributed by atoms with Crippen molar-refractivity contribution < 1.29 is 4.74 Å². The first-order valence-electron chi connectivity index (χ1n) is 5.05. The molecule has 0 bridgehead atoms. The number of hydrogen-bond donors (Lipinski definition) is 1. The van der Waals surface area contributed by atoms with Crippen LogP contribution in [0.5, 0.6) is 0 Å². The molecule has 0 spiro atoms. The molecule has 80 valence electrons. The Morgan fingerprint density at radius 3 is 2.93 bits per heavy atom. The molecule has 4 nitrogen and oxygen atoms in total. The van der Waals surface area contributed by atoms with E-state index in [1.807, 2.05) is 10.9 Å². The highest BCUT2D eigenvalue weighted by Crippen LogP contribution is 1.98. The predicted molar refractivity (Wildman–Crippen MR) is 56.9 cm³/mol. The molecule has 0 aliphatic carbocycles. The van der Waals surface area contributed by atoms with Gasteiger partial charge in [-0.25, -0.2) is 0 Å². The maximum atomic E-state index is 5.49. The lowest BCUT2D eigenvalue weighted by atomic mass is 10.2. The number of nitrogen functional groups attached to an aromatic ring is 1. The first-order chi connectivity index (χ1) is 6.68. The number of aryl methyl sites for hydroxylation is 1. The second-order valence-corrected chi connectivity index (χ2v) is 3.83. The van der Waals surface area contributed by atoms with Crippen molar-refractivity contribution in [2.75, 3.05) is 18.9 Å². The van der Waals surface area contributed by atoms with Crippen LogP contribution in [0.15, 0.2) is 12.3 Å². The lowest BCUT2D eigenvalue weighted by Crippen LogP contribution is -2.07. The Labute approximate surface area is 85.0 Å². The molecule has 0 amide bonds. The average molecular weight is 197 g/mol. The van der Waals surface area contributed by atoms with Crippen LogP contribution in [0.2, 0.25) is 0 Å². The largest absolute Gasteiger partial charge is 0.382 e. The summed E-state index contributed by atoms with van der Waals surface area (Å²) in [4.78, 5) is 0. The Kier molecular flexibility index (Phi) is 4.46. The fourth-order valence-corrected chi connectivity index (χ4v) is 1.15. The normalized spacial score (nSPS) is 11.1. The van der Waals surface area contributed by atoms with E-state index in [0.29, 0.717) is 11.7 Å². The first-order valence-corrected chi connectivity index (χ1v) is 5.05. The van der Waals surface area contributed by atoms with Gasteiger partial charge in [-0.15, -0.1) is 0 Å². The molecule has 0 aliphatic rings. The Morgan fingerprint density at radius 1 is 1.57 bits per heavy atom. The van der Waals surface area contributed by atoms with Gasteiger partial charge in [0.1, 0.15) is 5.82 Å². The van der Waals surface area contributed by atoms with Gasteiger partial charge in [-0.2, -0.15) is 5.10 Å². The number of hydrogen-bond acceptors (Lipinski definition) is 3. The van der Waals surface area contributed by atoms with Gasteiger partial charge in [0, 0.05) is 26.0 Å². The SMILES string of the molecule is CC(C)COCCCn1ccc(N)n1. The molecule has 0 aliphatic heterocycles. The second-order valence-electron chi connectivity index (χ2n) is 3.83. The van der Waals surface area contributed by atoms with Gasteiger partial charge >= 0.3 is 0 Å². The van der Waals surface area contributed by atoms with Crippen molar-refractivity contribution in [3.8, 4) is 0 Å². The molecule has 0 radical (unpaired) electrons. The lowest BCUT2D eigenvalue weighted by Gasteiger charge is -2.06. The molecule has 0 saturated carbocycles. The smallest absolute Gasteiger partial charge is 0.145 e. The van der Waals surface area contributed by atoms with Crippen LogP contribution in [-0.2, 0) is 11.3 Å². The summed E-state index contributed by atoms with van der Waals surface area (Å²) in [5.74, 6) is 1.18. The van der Waals surface area contributed by atoms with E-state index < -0.39 is 0 Å². The number of nitrogens with zero attached hydrogens (tertiary/aromatic N) is 2. The third-order valence-electron chi connectivity index (χ3n) is 1.79. The van der Waals surface area contributed by atoms with Gasteiger partial charge in [-0.05, 0) is 18.4 Å². The van der Waals surface area contributed by atoms with E-state index >= 15 is 0 Å². The van der Waals surface area contributed by atoms with E-state index in [9.17, 15) is 0 Å². The van der Waals surface area contributed by atoms with Gasteiger partial charge < -0.3 is 10.5 Å². The highest BCUT2D eigenvalue weighted by Gasteiger charge is 1.96. The van der Waals surface area contributed by atoms with Crippen molar-refractivity contribution >= 4 is 5.82 Å². The summed E-state index contributed by atoms with van der Waals surface area (Å²) in [7, 11) is 0. The van der Waals surface area contributed by atoms with Crippen molar-refractivity contribution in [2.24, 2.45) is 5.92 Å². The van der Waals surface area contributed by atoms with Gasteiger partial charge in [-0.1, -0.05) is 13.8 Å². The van der Waals surface area contributed by atoms with Gasteiger partial charge in [0.2, 0.25) is 0 Å². The zero-order valence-electron chi connectivity index (χ0n) is 8.94. The molecule has 0 saturated heterocycles. The van der Waals surface area contributed by atoms with E-state index in [1.165, 1.54) is 0 Å². The van der Waals surface area contributed by atoms with Crippen LogP contribution < -0.4 is 5.73 Å². The zero-order valence-corrected chi connectivity index (χ0v) is 8.94. The van der Waals surface area contributed by atoms with Crippen molar-refractivity contribution in [3.05, 3.63) is 12.3 Å². The molecule has 2 N–H and O–H groups in total. The molecule has 1 aromatic rings. The standard InChI is InChI=1S/C10H19N3O/c1-9(2)8-14-7-3-5-13-6-4-10(11)12-13/h4,6,9H,3,5,7-8H2,1-2H3,(H2,11,12). The van der Waals surface area contributed by atoms with Crippen molar-refractivity contribution in [3.63, 3.8) is 0 Å². The predicted octanol–water partition coefficient (Wildman–Crippen LogP) is 1.53. The molecule has 0 unspecified atom stereocenters. The minimum absolute atomic E-state index is 0.577. The fraction of sp³-hybridized carbons (Fsp3) is 0.700. The molecule has 0 fully saturated rings. The first kappa shape index (κ1) is 11.0. The molecule has 0 atom stereocenters. The van der Waals surface area contributed by atoms with Crippen LogP contribution in [-0.4, -0.2) is 23.0 Å². The summed E-state index contributed by atoms with van der Waals surface area (Å²) in [5, 5.41) is 4.08. The molecule has 1 heterocycles. The third-order valence-corrected chi connectivity index (χ3v) is 1.79. The maximum absolute atomic E-state index is 5.49. The number of aromatic nitrogens is 2. The number of ether oxygens (including phenoxy) is 1. The average Bonchev–Trinajstić information content (AvgIpc) is 2.50. The Bertz CT molecular complexity index is 258. The van der Waals surface area contributed by atoms with E-state index in [1.54, 1.807) is 6.07 Å². The minimum Gasteiger partial charge on any atom is -0.382 e. The van der Waals surface area contributed by atoms with Crippen LogP contribution in [0.1, 0.15) is 20.3 Å². The summed E-state index contributed by atoms with van der Waals surface area (Å²) in [6, 6.07) is 1.80. The molecule has 14 heavy (non-hydrogen) atoms. The molecule has 0 aromatic carbocycles. The van der Waals surface area contributed by atoms with Crippen molar-refractivity contribution in [2.45, 2.75) is 26.8 Å². The molecular formula is C10H19N3O. The summed E-state index contributed by atoms with van der Waals surface area (Å²) in [6.45, 7) is 6.79. The fourth-order valence-electron chi connectivity index (χ4n) is 1.15. The van der Waals surface area contributed by atoms with Crippen LogP contribution >= 0.6 is 0 Å². The second kappa shape index (κ2) is 5.65. The zero-order chi connectivity index (χ0) is 10.4. The summed E-state index contributed by atoms with van der Waals surface area (Å²) in [6.07, 6.45) is 2.87. The van der Waals surface area contributed by atoms with Crippen LogP contribution in [0.4, 0.5) is 5.82 Å². The van der Waals surface area contributed by atoms with Gasteiger partial charge in [-0.3, -0.25) is 4.68 Å². The Balaban J connectivity index is 2.04. The van der Waals surface area contributed by atoms with Crippen molar-refractivity contribution in [1.82, 2.24) is 9.78 Å². The molecule has 1 aromatic heterocycles. The summed E-state index contributed by atoms with van der Waals surface area (Å²) in [5.41, 5.74) is 5.49. The Hall–Kier alpha value is -1.03. The monoisotopic (exact) mass is 197 g/mol. The number of nitrogens with two attached hydrogens (primary N) is 1. The highest BCUT2D eigenvalue weighted by atomic mass is 16.5. The van der Waals surface area contributed by atoms with Crippen molar-refractivity contribution in [1.29, 1.82) is 0 Å². The topological polar surface area (TPSA) is 53.1 Å². The van der Waals surface area contributed by atoms with Gasteiger partial charge in [0.15, 0.2) is 0 Å². The Morgan fingerprint density at radius 2 is 2.36 bits per heavy atom. The minimum atomic E-state index is 0.577. The summed E-state index contributed by atoms with van der Waals surface area (Å²) < 4.78 is 7.29. The molecule has 1 rings (SSSR count). The number of rotatable bonds is 6. The van der Waals surface area contributed by atoms with Crippen LogP contribution in [0.25, 0.3) is 0 Å². The molecular weight excluding hydrogens is 178 g/mol. The molecule has 4 heteroatoms. The number of anilines is 1. The van der Waals surface area contributed by atoms with E-state index in [4.69, 9.17) is 10.5 Å². The maximum Gasteiger partial charge on any atom is 0.145 e. The van der Waals surface area contributed by atoms with Crippen LogP contribution in [0, 0.1) is 5.92 Å².